The molecule has 0 atom stereocenters. The molecule has 0 radical (unpaired) electrons. The number of halogens is 3. The average Bonchev–Trinajstić information content (AvgIpc) is 2.36. The van der Waals surface area contributed by atoms with E-state index < -0.39 is 10.0 Å². The normalized spacial score (nSPS) is 11.4. The van der Waals surface area contributed by atoms with Crippen LogP contribution in [0, 0.1) is 6.92 Å². The number of aryl methyl sites for hydroxylation is 1. The summed E-state index contributed by atoms with van der Waals surface area (Å²) in [5, 5.41) is 0.520. The molecule has 0 bridgehead atoms. The molecule has 1 heterocycles. The molecular weight excluding hydrogens is 387 g/mol. The summed E-state index contributed by atoms with van der Waals surface area (Å²) in [5.74, 6) is 0. The first kappa shape index (κ1) is 15.6. The van der Waals surface area contributed by atoms with E-state index in [-0.39, 0.29) is 15.7 Å². The number of pyridine rings is 1. The number of benzene rings is 1. The molecule has 0 saturated carbocycles. The third-order valence-electron chi connectivity index (χ3n) is 2.42. The number of nitrogens with one attached hydrogen (secondary N) is 1. The number of hydrogen-bond donors (Lipinski definition) is 1. The van der Waals surface area contributed by atoms with E-state index in [2.05, 4.69) is 25.6 Å². The highest BCUT2D eigenvalue weighted by Gasteiger charge is 2.17. The predicted octanol–water partition coefficient (Wildman–Crippen LogP) is 4.26. The van der Waals surface area contributed by atoms with Gasteiger partial charge in [0.1, 0.15) is 0 Å². The topological polar surface area (TPSA) is 59.1 Å². The van der Waals surface area contributed by atoms with Crippen molar-refractivity contribution in [3.8, 4) is 0 Å². The number of anilines is 1. The van der Waals surface area contributed by atoms with Crippen LogP contribution in [0.5, 0.6) is 0 Å². The molecule has 0 saturated heterocycles. The molecule has 0 aliphatic heterocycles. The van der Waals surface area contributed by atoms with Gasteiger partial charge in [-0.05, 0) is 52.7 Å². The van der Waals surface area contributed by atoms with Crippen molar-refractivity contribution in [2.75, 3.05) is 4.72 Å². The molecule has 0 aliphatic rings. The van der Waals surface area contributed by atoms with E-state index in [1.807, 2.05) is 0 Å². The second kappa shape index (κ2) is 5.89. The van der Waals surface area contributed by atoms with Crippen LogP contribution >= 0.6 is 39.1 Å². The van der Waals surface area contributed by atoms with Crippen LogP contribution in [0.3, 0.4) is 0 Å². The standard InChI is InChI=1S/C12H9BrCl2N2O2S/c1-7-4-11(12(15)16-6-7)17-20(18,19)8-2-3-10(14)9(13)5-8/h2-6,17H,1H3. The summed E-state index contributed by atoms with van der Waals surface area (Å²) in [5.41, 5.74) is 1.03. The number of rotatable bonds is 3. The Balaban J connectivity index is 2.40. The van der Waals surface area contributed by atoms with Crippen LogP contribution < -0.4 is 4.72 Å². The van der Waals surface area contributed by atoms with Crippen LogP contribution in [-0.4, -0.2) is 13.4 Å². The zero-order chi connectivity index (χ0) is 14.9. The zero-order valence-corrected chi connectivity index (χ0v) is 14.1. The SMILES string of the molecule is Cc1cnc(Cl)c(NS(=O)(=O)c2ccc(Cl)c(Br)c2)c1. The first-order valence-electron chi connectivity index (χ1n) is 5.39. The van der Waals surface area contributed by atoms with Crippen LogP contribution in [0.4, 0.5) is 5.69 Å². The highest BCUT2D eigenvalue weighted by Crippen LogP contribution is 2.28. The molecule has 20 heavy (non-hydrogen) atoms. The Morgan fingerprint density at radius 2 is 1.95 bits per heavy atom. The molecule has 0 unspecified atom stereocenters. The minimum Gasteiger partial charge on any atom is -0.276 e. The summed E-state index contributed by atoms with van der Waals surface area (Å²) in [4.78, 5) is 3.97. The minimum absolute atomic E-state index is 0.0753. The lowest BCUT2D eigenvalue weighted by Crippen LogP contribution is -2.13. The Bertz CT molecular complexity index is 766. The quantitative estimate of drug-likeness (QED) is 0.789. The van der Waals surface area contributed by atoms with Crippen molar-refractivity contribution in [3.05, 3.63) is 50.7 Å². The molecule has 2 aromatic rings. The second-order valence-electron chi connectivity index (χ2n) is 4.03. The van der Waals surface area contributed by atoms with Gasteiger partial charge in [-0.3, -0.25) is 4.72 Å². The van der Waals surface area contributed by atoms with Crippen molar-refractivity contribution >= 4 is 54.8 Å². The van der Waals surface area contributed by atoms with Gasteiger partial charge in [-0.1, -0.05) is 23.2 Å². The highest BCUT2D eigenvalue weighted by molar-refractivity contribution is 9.10. The molecule has 2 rings (SSSR count). The fourth-order valence-corrected chi connectivity index (χ4v) is 3.41. The van der Waals surface area contributed by atoms with Crippen LogP contribution in [0.15, 0.2) is 39.8 Å². The number of sulfonamides is 1. The smallest absolute Gasteiger partial charge is 0.262 e. The largest absolute Gasteiger partial charge is 0.276 e. The van der Waals surface area contributed by atoms with Crippen molar-refractivity contribution in [1.82, 2.24) is 4.98 Å². The van der Waals surface area contributed by atoms with E-state index >= 15 is 0 Å². The van der Waals surface area contributed by atoms with Gasteiger partial charge in [0.2, 0.25) is 0 Å². The van der Waals surface area contributed by atoms with Gasteiger partial charge in [0, 0.05) is 10.7 Å². The van der Waals surface area contributed by atoms with Crippen molar-refractivity contribution in [2.45, 2.75) is 11.8 Å². The summed E-state index contributed by atoms with van der Waals surface area (Å²) in [7, 11) is -3.75. The van der Waals surface area contributed by atoms with Crippen molar-refractivity contribution in [3.63, 3.8) is 0 Å². The fraction of sp³-hybridized carbons (Fsp3) is 0.0833. The highest BCUT2D eigenvalue weighted by atomic mass is 79.9. The maximum atomic E-state index is 12.3. The Morgan fingerprint density at radius 1 is 1.25 bits per heavy atom. The first-order chi connectivity index (χ1) is 9.29. The van der Waals surface area contributed by atoms with Crippen LogP contribution in [0.2, 0.25) is 10.2 Å². The van der Waals surface area contributed by atoms with Crippen LogP contribution in [0.1, 0.15) is 5.56 Å². The summed E-state index contributed by atoms with van der Waals surface area (Å²) in [6.07, 6.45) is 1.55. The van der Waals surface area contributed by atoms with E-state index in [0.29, 0.717) is 9.50 Å². The van der Waals surface area contributed by atoms with Crippen LogP contribution in [-0.2, 0) is 10.0 Å². The minimum atomic E-state index is -3.75. The van der Waals surface area contributed by atoms with Gasteiger partial charge < -0.3 is 0 Å². The maximum absolute atomic E-state index is 12.3. The summed E-state index contributed by atoms with van der Waals surface area (Å²) in [6.45, 7) is 1.79. The predicted molar refractivity (Wildman–Crippen MR) is 83.9 cm³/mol. The molecule has 0 amide bonds. The van der Waals surface area contributed by atoms with Gasteiger partial charge in [0.05, 0.1) is 15.6 Å². The third-order valence-corrected chi connectivity index (χ3v) is 5.30. The monoisotopic (exact) mass is 394 g/mol. The average molecular weight is 396 g/mol. The molecule has 8 heteroatoms. The molecule has 1 aromatic heterocycles. The molecule has 1 N–H and O–H groups in total. The lowest BCUT2D eigenvalue weighted by molar-refractivity contribution is 0.601. The second-order valence-corrected chi connectivity index (χ2v) is 7.33. The van der Waals surface area contributed by atoms with E-state index in [1.165, 1.54) is 18.2 Å². The lowest BCUT2D eigenvalue weighted by atomic mass is 10.3. The van der Waals surface area contributed by atoms with Crippen LogP contribution in [0.25, 0.3) is 0 Å². The van der Waals surface area contributed by atoms with Gasteiger partial charge in [0.15, 0.2) is 5.15 Å². The molecular formula is C12H9BrCl2N2O2S. The Morgan fingerprint density at radius 3 is 2.60 bits per heavy atom. The third kappa shape index (κ3) is 3.44. The molecule has 0 spiro atoms. The summed E-state index contributed by atoms with van der Waals surface area (Å²) < 4.78 is 27.4. The van der Waals surface area contributed by atoms with Gasteiger partial charge in [-0.2, -0.15) is 0 Å². The van der Waals surface area contributed by atoms with Crippen molar-refractivity contribution < 1.29 is 8.42 Å². The van der Waals surface area contributed by atoms with Gasteiger partial charge >= 0.3 is 0 Å². The zero-order valence-electron chi connectivity index (χ0n) is 10.2. The number of aromatic nitrogens is 1. The molecule has 4 nitrogen and oxygen atoms in total. The molecule has 0 fully saturated rings. The number of nitrogens with zero attached hydrogens (tertiary/aromatic N) is 1. The molecule has 1 aromatic carbocycles. The molecule has 106 valence electrons. The first-order valence-corrected chi connectivity index (χ1v) is 8.43. The number of hydrogen-bond acceptors (Lipinski definition) is 3. The van der Waals surface area contributed by atoms with E-state index in [1.54, 1.807) is 19.2 Å². The van der Waals surface area contributed by atoms with Crippen molar-refractivity contribution in [1.29, 1.82) is 0 Å². The Labute approximate surface area is 135 Å². The summed E-state index contributed by atoms with van der Waals surface area (Å²) in [6, 6.07) is 5.93. The van der Waals surface area contributed by atoms with Gasteiger partial charge in [0.25, 0.3) is 10.0 Å². The van der Waals surface area contributed by atoms with Crippen molar-refractivity contribution in [2.24, 2.45) is 0 Å². The Kier molecular flexibility index (Phi) is 4.59. The fourth-order valence-electron chi connectivity index (χ4n) is 1.47. The Hall–Kier alpha value is -0.820. The van der Waals surface area contributed by atoms with E-state index in [9.17, 15) is 8.42 Å². The van der Waals surface area contributed by atoms with Gasteiger partial charge in [-0.25, -0.2) is 13.4 Å². The van der Waals surface area contributed by atoms with E-state index in [4.69, 9.17) is 23.2 Å². The summed E-state index contributed by atoms with van der Waals surface area (Å²) >= 11 is 14.9. The lowest BCUT2D eigenvalue weighted by Gasteiger charge is -2.10. The maximum Gasteiger partial charge on any atom is 0.262 e. The van der Waals surface area contributed by atoms with Gasteiger partial charge in [-0.15, -0.1) is 0 Å². The van der Waals surface area contributed by atoms with E-state index in [0.717, 1.165) is 5.56 Å². The molecule has 0 aliphatic carbocycles.